The quantitative estimate of drug-likeness (QED) is 0.558. The molecule has 4 nitrogen and oxygen atoms in total. The zero-order valence-electron chi connectivity index (χ0n) is 5.54. The Bertz CT molecular complexity index is 131. The van der Waals surface area contributed by atoms with Crippen LogP contribution >= 0.6 is 11.9 Å². The van der Waals surface area contributed by atoms with Gasteiger partial charge in [0.1, 0.15) is 0 Å². The number of urea groups is 1. The van der Waals surface area contributed by atoms with E-state index in [1.165, 1.54) is 11.9 Å². The van der Waals surface area contributed by atoms with Gasteiger partial charge in [0.05, 0.1) is 13.2 Å². The number of aliphatic hydroxyl groups excluding tert-OH is 1. The molecule has 0 bridgehead atoms. The van der Waals surface area contributed by atoms with E-state index in [1.54, 1.807) is 4.31 Å². The van der Waals surface area contributed by atoms with Gasteiger partial charge in [0, 0.05) is 12.3 Å². The normalized spacial score (nSPS) is 17.7. The molecular formula is C5H10N2O2S. The minimum Gasteiger partial charge on any atom is -0.395 e. The van der Waals surface area contributed by atoms with Gasteiger partial charge in [-0.1, -0.05) is 0 Å². The number of aliphatic hydroxyl groups is 1. The molecule has 0 radical (unpaired) electrons. The summed E-state index contributed by atoms with van der Waals surface area (Å²) in [6.07, 6.45) is 0. The SMILES string of the molecule is O=C1NCCN1SCCO. The van der Waals surface area contributed by atoms with Crippen molar-refractivity contribution >= 4 is 18.0 Å². The molecule has 0 aliphatic carbocycles. The molecule has 0 aromatic rings. The Kier molecular flexibility index (Phi) is 2.82. The first-order chi connectivity index (χ1) is 4.84. The highest BCUT2D eigenvalue weighted by Crippen LogP contribution is 2.11. The van der Waals surface area contributed by atoms with Crippen molar-refractivity contribution in [2.24, 2.45) is 0 Å². The number of nitrogens with one attached hydrogen (secondary N) is 1. The van der Waals surface area contributed by atoms with Crippen LogP contribution in [0.3, 0.4) is 0 Å². The Morgan fingerprint density at radius 3 is 3.10 bits per heavy atom. The molecule has 2 N–H and O–H groups in total. The Balaban J connectivity index is 2.20. The summed E-state index contributed by atoms with van der Waals surface area (Å²) in [4.78, 5) is 10.8. The van der Waals surface area contributed by atoms with Crippen molar-refractivity contribution in [1.82, 2.24) is 9.62 Å². The number of rotatable bonds is 3. The third-order valence-electron chi connectivity index (χ3n) is 1.16. The van der Waals surface area contributed by atoms with Crippen LogP contribution in [0.2, 0.25) is 0 Å². The van der Waals surface area contributed by atoms with E-state index in [-0.39, 0.29) is 12.6 Å². The predicted octanol–water partition coefficient (Wildman–Crippen LogP) is -0.348. The highest BCUT2D eigenvalue weighted by atomic mass is 32.2. The molecule has 0 unspecified atom stereocenters. The van der Waals surface area contributed by atoms with Gasteiger partial charge >= 0.3 is 6.03 Å². The van der Waals surface area contributed by atoms with Gasteiger partial charge in [0.2, 0.25) is 0 Å². The van der Waals surface area contributed by atoms with Gasteiger partial charge in [-0.3, -0.25) is 4.31 Å². The molecule has 0 atom stereocenters. The molecule has 0 spiro atoms. The van der Waals surface area contributed by atoms with Gasteiger partial charge < -0.3 is 10.4 Å². The van der Waals surface area contributed by atoms with Crippen molar-refractivity contribution in [2.45, 2.75) is 0 Å². The van der Waals surface area contributed by atoms with Crippen LogP contribution in [0.5, 0.6) is 0 Å². The molecule has 10 heavy (non-hydrogen) atoms. The molecular weight excluding hydrogens is 152 g/mol. The summed E-state index contributed by atoms with van der Waals surface area (Å²) in [5, 5.41) is 11.1. The van der Waals surface area contributed by atoms with Crippen molar-refractivity contribution in [1.29, 1.82) is 0 Å². The average Bonchev–Trinajstić information content (AvgIpc) is 2.31. The van der Waals surface area contributed by atoms with Gasteiger partial charge in [0.25, 0.3) is 0 Å². The molecule has 1 fully saturated rings. The molecule has 5 heteroatoms. The summed E-state index contributed by atoms with van der Waals surface area (Å²) in [5.41, 5.74) is 0. The average molecular weight is 162 g/mol. The second-order valence-electron chi connectivity index (χ2n) is 1.89. The topological polar surface area (TPSA) is 52.6 Å². The first kappa shape index (κ1) is 7.68. The van der Waals surface area contributed by atoms with E-state index < -0.39 is 0 Å². The fourth-order valence-electron chi connectivity index (χ4n) is 0.728. The number of hydrogen-bond acceptors (Lipinski definition) is 3. The summed E-state index contributed by atoms with van der Waals surface area (Å²) in [7, 11) is 0. The van der Waals surface area contributed by atoms with Crippen LogP contribution in [0.4, 0.5) is 4.79 Å². The molecule has 58 valence electrons. The number of carbonyl (C=O) groups excluding carboxylic acids is 1. The molecule has 1 heterocycles. The smallest absolute Gasteiger partial charge is 0.327 e. The maximum Gasteiger partial charge on any atom is 0.327 e. The molecule has 0 saturated carbocycles. The molecule has 2 amide bonds. The summed E-state index contributed by atoms with van der Waals surface area (Å²) in [6, 6.07) is -0.0431. The Hall–Kier alpha value is -0.420. The predicted molar refractivity (Wildman–Crippen MR) is 39.6 cm³/mol. The van der Waals surface area contributed by atoms with E-state index >= 15 is 0 Å². The van der Waals surface area contributed by atoms with E-state index in [9.17, 15) is 4.79 Å². The maximum absolute atomic E-state index is 10.8. The van der Waals surface area contributed by atoms with E-state index in [0.717, 1.165) is 13.1 Å². The van der Waals surface area contributed by atoms with Crippen molar-refractivity contribution in [3.8, 4) is 0 Å². The van der Waals surface area contributed by atoms with Crippen LogP contribution < -0.4 is 5.32 Å². The van der Waals surface area contributed by atoms with E-state index in [1.807, 2.05) is 0 Å². The third-order valence-corrected chi connectivity index (χ3v) is 2.18. The molecule has 1 rings (SSSR count). The number of carbonyl (C=O) groups is 1. The van der Waals surface area contributed by atoms with Crippen LogP contribution in [-0.4, -0.2) is 40.9 Å². The molecule has 0 aromatic carbocycles. The minimum absolute atomic E-state index is 0.0431. The number of nitrogens with zero attached hydrogens (tertiary/aromatic N) is 1. The fraction of sp³-hybridized carbons (Fsp3) is 0.800. The van der Waals surface area contributed by atoms with E-state index in [2.05, 4.69) is 5.32 Å². The van der Waals surface area contributed by atoms with Crippen LogP contribution in [0.1, 0.15) is 0 Å². The third kappa shape index (κ3) is 1.78. The standard InChI is InChI=1S/C5H10N2O2S/c8-3-4-10-7-2-1-6-5(7)9/h8H,1-4H2,(H,6,9). The number of amides is 2. The second-order valence-corrected chi connectivity index (χ2v) is 3.00. The van der Waals surface area contributed by atoms with Gasteiger partial charge in [-0.2, -0.15) is 0 Å². The molecule has 1 aliphatic rings. The monoisotopic (exact) mass is 162 g/mol. The minimum atomic E-state index is -0.0431. The lowest BCUT2D eigenvalue weighted by atomic mass is 10.7. The Morgan fingerprint density at radius 1 is 1.80 bits per heavy atom. The van der Waals surface area contributed by atoms with Crippen molar-refractivity contribution in [3.05, 3.63) is 0 Å². The van der Waals surface area contributed by atoms with Crippen LogP contribution in [0.25, 0.3) is 0 Å². The first-order valence-corrected chi connectivity index (χ1v) is 4.08. The first-order valence-electron chi connectivity index (χ1n) is 3.13. The van der Waals surface area contributed by atoms with Crippen LogP contribution in [0.15, 0.2) is 0 Å². The Morgan fingerprint density at radius 2 is 2.60 bits per heavy atom. The lowest BCUT2D eigenvalue weighted by Gasteiger charge is -2.10. The largest absolute Gasteiger partial charge is 0.395 e. The van der Waals surface area contributed by atoms with Crippen molar-refractivity contribution < 1.29 is 9.90 Å². The fourth-order valence-corrected chi connectivity index (χ4v) is 1.43. The Labute approximate surface area is 63.7 Å². The highest BCUT2D eigenvalue weighted by Gasteiger charge is 2.18. The van der Waals surface area contributed by atoms with E-state index in [4.69, 9.17) is 5.11 Å². The van der Waals surface area contributed by atoms with Crippen LogP contribution in [-0.2, 0) is 0 Å². The maximum atomic E-state index is 10.8. The summed E-state index contributed by atoms with van der Waals surface area (Å²) in [6.45, 7) is 1.58. The molecule has 1 aliphatic heterocycles. The second kappa shape index (κ2) is 3.68. The lowest BCUT2D eigenvalue weighted by Crippen LogP contribution is -2.22. The lowest BCUT2D eigenvalue weighted by molar-refractivity contribution is 0.238. The number of hydrogen-bond donors (Lipinski definition) is 2. The summed E-state index contributed by atoms with van der Waals surface area (Å²) >= 11 is 1.36. The summed E-state index contributed by atoms with van der Waals surface area (Å²) < 4.78 is 1.62. The van der Waals surface area contributed by atoms with Crippen LogP contribution in [0, 0.1) is 0 Å². The molecule has 1 saturated heterocycles. The van der Waals surface area contributed by atoms with Gasteiger partial charge in [-0.05, 0) is 11.9 Å². The summed E-state index contributed by atoms with van der Waals surface area (Å²) in [5.74, 6) is 0.591. The molecule has 0 aromatic heterocycles. The highest BCUT2D eigenvalue weighted by molar-refractivity contribution is 7.97. The van der Waals surface area contributed by atoms with Gasteiger partial charge in [-0.15, -0.1) is 0 Å². The zero-order valence-corrected chi connectivity index (χ0v) is 6.36. The zero-order chi connectivity index (χ0) is 7.40. The van der Waals surface area contributed by atoms with Crippen molar-refractivity contribution in [2.75, 3.05) is 25.4 Å². The van der Waals surface area contributed by atoms with Gasteiger partial charge in [0.15, 0.2) is 0 Å². The van der Waals surface area contributed by atoms with Gasteiger partial charge in [-0.25, -0.2) is 4.79 Å². The van der Waals surface area contributed by atoms with E-state index in [0.29, 0.717) is 5.75 Å². The van der Waals surface area contributed by atoms with Crippen molar-refractivity contribution in [3.63, 3.8) is 0 Å².